The minimum atomic E-state index is -1.03. The number of oxime groups is 1. The van der Waals surface area contributed by atoms with Gasteiger partial charge in [-0.3, -0.25) is 25.1 Å². The third kappa shape index (κ3) is 8.71. The summed E-state index contributed by atoms with van der Waals surface area (Å²) >= 11 is 2.22. The van der Waals surface area contributed by atoms with Crippen LogP contribution >= 0.6 is 23.3 Å². The van der Waals surface area contributed by atoms with Gasteiger partial charge in [0.15, 0.2) is 11.8 Å². The number of hydrogen-bond acceptors (Lipinski definition) is 15. The second-order valence-electron chi connectivity index (χ2n) is 14.3. The molecule has 18 nitrogen and oxygen atoms in total. The van der Waals surface area contributed by atoms with Crippen LogP contribution in [0.4, 0.5) is 9.93 Å². The van der Waals surface area contributed by atoms with Crippen molar-refractivity contribution in [1.29, 1.82) is 0 Å². The minimum Gasteiger partial charge on any atom is -0.497 e. The predicted octanol–water partition coefficient (Wildman–Crippen LogP) is 3.25. The van der Waals surface area contributed by atoms with Crippen LogP contribution < -0.4 is 25.3 Å². The zero-order valence-electron chi connectivity index (χ0n) is 32.0. The number of carbonyl (C=O) groups is 4. The SMILES string of the molecule is CCO/N=C(\C(=O)NC1C(=O)N2C(C(=O)OCc3ccc(OC)cc3)=C(C[n+]3cn(C4CCCN4)c4cccnc43)CSC12)c1nsc(NC(=O)OC(C)(C)C)n1. The first-order valence-corrected chi connectivity index (χ1v) is 20.2. The number of thioether (sulfide) groups is 1. The molecule has 7 rings (SSSR count). The van der Waals surface area contributed by atoms with E-state index >= 15 is 0 Å². The second kappa shape index (κ2) is 16.9. The molecule has 300 valence electrons. The van der Waals surface area contributed by atoms with E-state index < -0.39 is 40.9 Å². The second-order valence-corrected chi connectivity index (χ2v) is 16.1. The maximum absolute atomic E-state index is 14.1. The van der Waals surface area contributed by atoms with Crippen molar-refractivity contribution in [3.05, 3.63) is 71.6 Å². The van der Waals surface area contributed by atoms with E-state index in [1.807, 2.05) is 23.0 Å². The molecule has 3 aromatic heterocycles. The molecule has 6 heterocycles. The lowest BCUT2D eigenvalue weighted by atomic mass is 10.0. The third-order valence-corrected chi connectivity index (χ3v) is 11.1. The number of aromatic nitrogens is 5. The number of nitrogens with zero attached hydrogens (tertiary/aromatic N) is 7. The standard InChI is InChI=1S/C37H42N10O8S2/c1-6-54-43-26(29-41-35(57-44-29)42-36(51)55-37(2,3)4)31(48)40-27-32(49)47-28(34(50)53-18-21-11-13-23(52-5)14-12-21)22(19-56-33(27)47)17-45-20-46(25-10-8-15-38-25)24-9-7-16-39-30(24)45/h7,9,11-14,16,20,25,27,33,38H,6,8,10,15,17-19H2,1-5H3,(H-,40,41,42,44,48,51)/p+1/b43-26-. The van der Waals surface area contributed by atoms with E-state index in [-0.39, 0.29) is 48.3 Å². The first kappa shape index (κ1) is 39.6. The monoisotopic (exact) mass is 819 g/mol. The van der Waals surface area contributed by atoms with Crippen molar-refractivity contribution >= 4 is 69.2 Å². The molecule has 3 amide bonds. The van der Waals surface area contributed by atoms with Gasteiger partial charge < -0.3 is 24.4 Å². The Bertz CT molecular complexity index is 2230. The molecule has 57 heavy (non-hydrogen) atoms. The maximum Gasteiger partial charge on any atom is 0.414 e. The van der Waals surface area contributed by atoms with Gasteiger partial charge in [-0.25, -0.2) is 18.7 Å². The molecule has 0 saturated carbocycles. The lowest BCUT2D eigenvalue weighted by Crippen LogP contribution is -2.71. The number of β-lactam (4-membered cyclic amide) rings is 1. The Kier molecular flexibility index (Phi) is 11.7. The first-order chi connectivity index (χ1) is 27.4. The molecule has 3 N–H and O–H groups in total. The van der Waals surface area contributed by atoms with Gasteiger partial charge in [0.05, 0.1) is 13.7 Å². The number of amides is 3. The summed E-state index contributed by atoms with van der Waals surface area (Å²) in [5.74, 6) is -1.07. The Morgan fingerprint density at radius 1 is 1.16 bits per heavy atom. The van der Waals surface area contributed by atoms with Crippen LogP contribution in [-0.4, -0.2) is 96.4 Å². The molecular formula is C37H43N10O8S2+. The zero-order chi connectivity index (χ0) is 40.3. The highest BCUT2D eigenvalue weighted by atomic mass is 32.2. The number of ether oxygens (including phenoxy) is 3. The van der Waals surface area contributed by atoms with Crippen LogP contribution in [0, 0.1) is 0 Å². The van der Waals surface area contributed by atoms with Gasteiger partial charge in [0, 0.05) is 22.9 Å². The summed E-state index contributed by atoms with van der Waals surface area (Å²) < 4.78 is 24.7. The number of esters is 1. The van der Waals surface area contributed by atoms with Crippen molar-refractivity contribution in [1.82, 2.24) is 34.4 Å². The molecule has 1 aromatic carbocycles. The van der Waals surface area contributed by atoms with E-state index in [0.717, 1.165) is 47.6 Å². The van der Waals surface area contributed by atoms with Crippen molar-refractivity contribution in [3.8, 4) is 5.75 Å². The number of fused-ring (bicyclic) bond motifs is 2. The smallest absolute Gasteiger partial charge is 0.414 e. The van der Waals surface area contributed by atoms with E-state index in [0.29, 0.717) is 17.1 Å². The van der Waals surface area contributed by atoms with Gasteiger partial charge in [0.2, 0.25) is 16.7 Å². The van der Waals surface area contributed by atoms with Crippen LogP contribution in [0.1, 0.15) is 58.1 Å². The van der Waals surface area contributed by atoms with Crippen LogP contribution in [0.3, 0.4) is 0 Å². The highest BCUT2D eigenvalue weighted by Gasteiger charge is 2.55. The molecule has 0 spiro atoms. The molecule has 3 aliphatic rings. The predicted molar refractivity (Wildman–Crippen MR) is 209 cm³/mol. The Morgan fingerprint density at radius 2 is 1.96 bits per heavy atom. The molecule has 0 aliphatic carbocycles. The molecule has 20 heteroatoms. The van der Waals surface area contributed by atoms with Crippen LogP contribution in [0.15, 0.2) is 65.3 Å². The molecule has 3 unspecified atom stereocenters. The van der Waals surface area contributed by atoms with E-state index in [1.54, 1.807) is 65.3 Å². The third-order valence-electron chi connectivity index (χ3n) is 9.11. The maximum atomic E-state index is 14.1. The van der Waals surface area contributed by atoms with Gasteiger partial charge >= 0.3 is 17.7 Å². The molecule has 2 saturated heterocycles. The van der Waals surface area contributed by atoms with Crippen LogP contribution in [0.2, 0.25) is 0 Å². The number of hydrogen-bond donors (Lipinski definition) is 3. The summed E-state index contributed by atoms with van der Waals surface area (Å²) in [7, 11) is 1.57. The average Bonchev–Trinajstić information content (AvgIpc) is 3.97. The quantitative estimate of drug-likeness (QED) is 0.0584. The average molecular weight is 820 g/mol. The summed E-state index contributed by atoms with van der Waals surface area (Å²) in [5, 5.41) is 12.1. The number of carbonyl (C=O) groups excluding carboxylic acids is 4. The number of benzene rings is 1. The van der Waals surface area contributed by atoms with Gasteiger partial charge in [-0.15, -0.1) is 16.7 Å². The number of imidazole rings is 1. The normalized spacial score (nSPS) is 19.5. The Balaban J connectivity index is 1.13. The minimum absolute atomic E-state index is 0.0381. The number of pyridine rings is 1. The summed E-state index contributed by atoms with van der Waals surface area (Å²) in [5.41, 5.74) is 2.15. The van der Waals surface area contributed by atoms with Crippen molar-refractivity contribution in [3.63, 3.8) is 0 Å². The number of rotatable bonds is 13. The molecule has 0 bridgehead atoms. The summed E-state index contributed by atoms with van der Waals surface area (Å²) in [6.45, 7) is 8.13. The molecule has 3 atom stereocenters. The summed E-state index contributed by atoms with van der Waals surface area (Å²) in [6, 6.07) is 10.0. The van der Waals surface area contributed by atoms with Crippen molar-refractivity contribution in [2.75, 3.05) is 31.3 Å². The number of anilines is 1. The van der Waals surface area contributed by atoms with Gasteiger partial charge in [-0.2, -0.15) is 9.36 Å². The van der Waals surface area contributed by atoms with Gasteiger partial charge in [-0.05, 0) is 76.9 Å². The summed E-state index contributed by atoms with van der Waals surface area (Å²) in [6.07, 6.45) is 5.10. The van der Waals surface area contributed by atoms with Crippen molar-refractivity contribution < 1.29 is 42.8 Å². The number of nitrogens with one attached hydrogen (secondary N) is 3. The fourth-order valence-corrected chi connectivity index (χ4v) is 8.46. The lowest BCUT2D eigenvalue weighted by Gasteiger charge is -2.49. The van der Waals surface area contributed by atoms with Gasteiger partial charge in [0.25, 0.3) is 11.8 Å². The van der Waals surface area contributed by atoms with Crippen LogP contribution in [0.5, 0.6) is 5.75 Å². The molecular weight excluding hydrogens is 777 g/mol. The molecule has 3 aliphatic heterocycles. The van der Waals surface area contributed by atoms with E-state index in [9.17, 15) is 19.2 Å². The Hall–Kier alpha value is -5.60. The van der Waals surface area contributed by atoms with Gasteiger partial charge in [0.1, 0.15) is 54.0 Å². The molecule has 2 fully saturated rings. The molecule has 4 aromatic rings. The first-order valence-electron chi connectivity index (χ1n) is 18.3. The van der Waals surface area contributed by atoms with Crippen LogP contribution in [-0.2, 0) is 41.8 Å². The van der Waals surface area contributed by atoms with Crippen LogP contribution in [0.25, 0.3) is 11.2 Å². The highest BCUT2D eigenvalue weighted by molar-refractivity contribution is 8.00. The fourth-order valence-electron chi connectivity index (χ4n) is 6.57. The van der Waals surface area contributed by atoms with Gasteiger partial charge in [-0.1, -0.05) is 17.3 Å². The summed E-state index contributed by atoms with van der Waals surface area (Å²) in [4.78, 5) is 69.7. The van der Waals surface area contributed by atoms with Crippen molar-refractivity contribution in [2.45, 2.75) is 76.9 Å². The fraction of sp³-hybridized carbons (Fsp3) is 0.432. The zero-order valence-corrected chi connectivity index (χ0v) is 33.6. The van der Waals surface area contributed by atoms with E-state index in [2.05, 4.69) is 40.0 Å². The Labute approximate surface area is 336 Å². The van der Waals surface area contributed by atoms with E-state index in [1.165, 1.54) is 16.7 Å². The van der Waals surface area contributed by atoms with E-state index in [4.69, 9.17) is 19.0 Å². The lowest BCUT2D eigenvalue weighted by molar-refractivity contribution is -0.665. The number of methoxy groups -OCH3 is 1. The highest BCUT2D eigenvalue weighted by Crippen LogP contribution is 2.41. The largest absolute Gasteiger partial charge is 0.497 e. The van der Waals surface area contributed by atoms with Crippen molar-refractivity contribution in [2.24, 2.45) is 5.16 Å². The Morgan fingerprint density at radius 3 is 2.68 bits per heavy atom. The molecule has 0 radical (unpaired) electrons. The topological polar surface area (TPSA) is 204 Å².